The van der Waals surface area contributed by atoms with Crippen molar-refractivity contribution in [1.82, 2.24) is 5.01 Å². The van der Waals surface area contributed by atoms with Gasteiger partial charge in [-0.2, -0.15) is 5.10 Å². The Balaban J connectivity index is 2.25. The number of hydrogen-bond acceptors (Lipinski definition) is 2. The maximum absolute atomic E-state index is 6.86. The molecule has 0 radical (unpaired) electrons. The highest BCUT2D eigenvalue weighted by Crippen LogP contribution is 2.58. The molecule has 0 aliphatic heterocycles. The quantitative estimate of drug-likeness (QED) is 0.263. The normalized spacial score (nSPS) is 22.8. The van der Waals surface area contributed by atoms with E-state index in [2.05, 4.69) is 24.2 Å². The molecule has 1 unspecified atom stereocenters. The Morgan fingerprint density at radius 1 is 1.55 bits per heavy atom. The molecule has 2 aliphatic rings. The zero-order valence-electron chi connectivity index (χ0n) is 13.5. The largest absolute Gasteiger partial charge is 0.259 e. The molecule has 0 saturated heterocycles. The molecule has 0 bridgehead atoms. The van der Waals surface area contributed by atoms with Crippen LogP contribution in [0.25, 0.3) is 0 Å². The third-order valence-corrected chi connectivity index (χ3v) is 6.14. The predicted molar refractivity (Wildman–Crippen MR) is 101 cm³/mol. The van der Waals surface area contributed by atoms with Gasteiger partial charge in [-0.25, -0.2) is 0 Å². The summed E-state index contributed by atoms with van der Waals surface area (Å²) in [5.74, 6) is 0. The van der Waals surface area contributed by atoms with Crippen LogP contribution in [0.3, 0.4) is 0 Å². The van der Waals surface area contributed by atoms with E-state index in [0.29, 0.717) is 0 Å². The number of nitrogens with zero attached hydrogens (tertiary/aromatic N) is 2. The van der Waals surface area contributed by atoms with Crippen LogP contribution in [0.15, 0.2) is 27.9 Å². The highest BCUT2D eigenvalue weighted by atomic mass is 35.5. The molecule has 2 aliphatic carbocycles. The van der Waals surface area contributed by atoms with Crippen LogP contribution in [0.4, 0.5) is 0 Å². The molecule has 0 aromatic heterocycles. The number of halogens is 2. The fourth-order valence-corrected chi connectivity index (χ4v) is 3.61. The molecule has 0 aromatic carbocycles. The van der Waals surface area contributed by atoms with Crippen LogP contribution in [0.2, 0.25) is 0 Å². The van der Waals surface area contributed by atoms with E-state index in [0.717, 1.165) is 48.7 Å². The Labute approximate surface area is 149 Å². The topological polar surface area (TPSA) is 15.6 Å². The van der Waals surface area contributed by atoms with Crippen LogP contribution in [0.5, 0.6) is 0 Å². The third-order valence-electron chi connectivity index (χ3n) is 4.67. The van der Waals surface area contributed by atoms with E-state index < -0.39 is 0 Å². The third kappa shape index (κ3) is 3.93. The molecule has 1 saturated carbocycles. The summed E-state index contributed by atoms with van der Waals surface area (Å²) in [5, 5.41) is 7.26. The van der Waals surface area contributed by atoms with E-state index in [9.17, 15) is 0 Å². The van der Waals surface area contributed by atoms with Crippen molar-refractivity contribution < 1.29 is 0 Å². The summed E-state index contributed by atoms with van der Waals surface area (Å²) in [5.41, 5.74) is 1.10. The molecule has 2 nitrogen and oxygen atoms in total. The smallest absolute Gasteiger partial charge is 0.0962 e. The second-order valence-corrected chi connectivity index (χ2v) is 8.29. The molecule has 0 amide bonds. The van der Waals surface area contributed by atoms with Crippen LogP contribution in [0.1, 0.15) is 52.9 Å². The number of hydrogen-bond donors (Lipinski definition) is 0. The Morgan fingerprint density at radius 2 is 2.23 bits per heavy atom. The van der Waals surface area contributed by atoms with Crippen molar-refractivity contribution in [3.8, 4) is 0 Å². The van der Waals surface area contributed by atoms with Crippen LogP contribution < -0.4 is 0 Å². The van der Waals surface area contributed by atoms with Gasteiger partial charge < -0.3 is 0 Å². The SMILES string of the molecule is C/C=N\N(CC(C)(CC1=C(Cl)CCC=C1)C1(Cl)CC1)C(C)=S. The lowest BCUT2D eigenvalue weighted by Gasteiger charge is -2.39. The Kier molecular flexibility index (Phi) is 5.73. The van der Waals surface area contributed by atoms with Crippen LogP contribution >= 0.6 is 35.4 Å². The van der Waals surface area contributed by atoms with Crippen molar-refractivity contribution in [1.29, 1.82) is 0 Å². The van der Waals surface area contributed by atoms with Crippen molar-refractivity contribution in [2.24, 2.45) is 10.5 Å². The average Bonchev–Trinajstić information content (AvgIpc) is 3.21. The summed E-state index contributed by atoms with van der Waals surface area (Å²) < 4.78 is 0. The Morgan fingerprint density at radius 3 is 2.73 bits per heavy atom. The van der Waals surface area contributed by atoms with Gasteiger partial charge in [-0.15, -0.1) is 11.6 Å². The first-order valence-electron chi connectivity index (χ1n) is 7.81. The van der Waals surface area contributed by atoms with E-state index >= 15 is 0 Å². The summed E-state index contributed by atoms with van der Waals surface area (Å²) in [6.07, 6.45) is 11.0. The highest BCUT2D eigenvalue weighted by molar-refractivity contribution is 7.80. The molecule has 1 fully saturated rings. The number of alkyl halides is 1. The molecule has 1 atom stereocenters. The fourth-order valence-electron chi connectivity index (χ4n) is 3.03. The van der Waals surface area contributed by atoms with E-state index in [-0.39, 0.29) is 10.3 Å². The predicted octanol–water partition coefficient (Wildman–Crippen LogP) is 5.65. The minimum atomic E-state index is -0.172. The van der Waals surface area contributed by atoms with Gasteiger partial charge in [0.2, 0.25) is 0 Å². The maximum Gasteiger partial charge on any atom is 0.0962 e. The van der Waals surface area contributed by atoms with Gasteiger partial charge in [0, 0.05) is 23.2 Å². The molecule has 0 aromatic rings. The first-order valence-corrected chi connectivity index (χ1v) is 8.97. The molecule has 2 rings (SSSR count). The van der Waals surface area contributed by atoms with E-state index in [4.69, 9.17) is 35.4 Å². The number of thiocarbonyl (C=S) groups is 1. The molecular weight excluding hydrogens is 335 g/mol. The molecule has 0 heterocycles. The lowest BCUT2D eigenvalue weighted by atomic mass is 9.77. The van der Waals surface area contributed by atoms with Crippen LogP contribution in [-0.4, -0.2) is 27.6 Å². The molecule has 122 valence electrons. The van der Waals surface area contributed by atoms with Crippen molar-refractivity contribution in [2.75, 3.05) is 6.54 Å². The second-order valence-electron chi connectivity index (χ2n) is 6.52. The first-order chi connectivity index (χ1) is 10.3. The van der Waals surface area contributed by atoms with Crippen molar-refractivity contribution in [3.05, 3.63) is 22.8 Å². The van der Waals surface area contributed by atoms with Gasteiger partial charge in [-0.1, -0.05) is 42.9 Å². The standard InChI is InChI=1S/C17H24Cl2N2S/c1-4-20-21(13(2)22)12-16(3,17(19)9-10-17)11-14-7-5-6-8-15(14)18/h4-5,7H,6,8-12H2,1-3H3/b20-4-. The summed E-state index contributed by atoms with van der Waals surface area (Å²) in [6.45, 7) is 6.77. The zero-order chi connectivity index (χ0) is 16.4. The summed E-state index contributed by atoms with van der Waals surface area (Å²) in [6, 6.07) is 0. The molecular formula is C17H24Cl2N2S. The minimum absolute atomic E-state index is 0.113. The lowest BCUT2D eigenvalue weighted by molar-refractivity contribution is 0.214. The van der Waals surface area contributed by atoms with Crippen LogP contribution in [-0.2, 0) is 0 Å². The maximum atomic E-state index is 6.86. The highest BCUT2D eigenvalue weighted by Gasteiger charge is 2.56. The fraction of sp³-hybridized carbons (Fsp3) is 0.647. The van der Waals surface area contributed by atoms with Gasteiger partial charge in [0.25, 0.3) is 0 Å². The molecule has 0 spiro atoms. The minimum Gasteiger partial charge on any atom is -0.259 e. The number of allylic oxidation sites excluding steroid dienone is 4. The van der Waals surface area contributed by atoms with Gasteiger partial charge in [0.1, 0.15) is 0 Å². The van der Waals surface area contributed by atoms with Gasteiger partial charge in [0.05, 0.1) is 9.86 Å². The lowest BCUT2D eigenvalue weighted by Crippen LogP contribution is -2.42. The summed E-state index contributed by atoms with van der Waals surface area (Å²) in [7, 11) is 0. The zero-order valence-corrected chi connectivity index (χ0v) is 15.9. The van der Waals surface area contributed by atoms with Gasteiger partial charge >= 0.3 is 0 Å². The van der Waals surface area contributed by atoms with E-state index in [1.807, 2.05) is 18.9 Å². The van der Waals surface area contributed by atoms with E-state index in [1.165, 1.54) is 5.57 Å². The van der Waals surface area contributed by atoms with Gasteiger partial charge in [-0.05, 0) is 51.5 Å². The number of rotatable bonds is 6. The van der Waals surface area contributed by atoms with E-state index in [1.54, 1.807) is 6.21 Å². The molecule has 0 N–H and O–H groups in total. The number of hydrazone groups is 1. The average molecular weight is 359 g/mol. The molecule has 5 heteroatoms. The molecule has 22 heavy (non-hydrogen) atoms. The van der Waals surface area contributed by atoms with Crippen LogP contribution in [0, 0.1) is 5.41 Å². The van der Waals surface area contributed by atoms with Gasteiger partial charge in [-0.3, -0.25) is 5.01 Å². The monoisotopic (exact) mass is 358 g/mol. The van der Waals surface area contributed by atoms with Crippen molar-refractivity contribution >= 4 is 46.6 Å². The second kappa shape index (κ2) is 7.02. The summed E-state index contributed by atoms with van der Waals surface area (Å²) >= 11 is 18.6. The van der Waals surface area contributed by atoms with Crippen molar-refractivity contribution in [3.63, 3.8) is 0 Å². The van der Waals surface area contributed by atoms with Crippen molar-refractivity contribution in [2.45, 2.75) is 57.7 Å². The summed E-state index contributed by atoms with van der Waals surface area (Å²) in [4.78, 5) is 0.596. The first kappa shape index (κ1) is 18.0. The van der Waals surface area contributed by atoms with Gasteiger partial charge in [0.15, 0.2) is 0 Å². The Hall–Kier alpha value is -0.380. The Bertz CT molecular complexity index is 535.